The van der Waals surface area contributed by atoms with Gasteiger partial charge in [0.05, 0.1) is 6.10 Å². The second kappa shape index (κ2) is 6.63. The number of aliphatic hydroxyl groups excluding tert-OH is 1. The van der Waals surface area contributed by atoms with E-state index in [-0.39, 0.29) is 12.7 Å². The molecule has 16 heavy (non-hydrogen) atoms. The molecule has 0 fully saturated rings. The fourth-order valence-electron chi connectivity index (χ4n) is 1.68. The monoisotopic (exact) mass is 223 g/mol. The van der Waals surface area contributed by atoms with E-state index in [4.69, 9.17) is 15.6 Å². The van der Waals surface area contributed by atoms with Gasteiger partial charge in [-0.05, 0) is 31.4 Å². The van der Waals surface area contributed by atoms with Gasteiger partial charge in [-0.2, -0.15) is 0 Å². The normalized spacial score (nSPS) is 12.8. The Balaban J connectivity index is 2.73. The number of benzene rings is 1. The molecule has 1 atom stereocenters. The Morgan fingerprint density at radius 2 is 2.12 bits per heavy atom. The van der Waals surface area contributed by atoms with E-state index >= 15 is 0 Å². The van der Waals surface area contributed by atoms with Crippen LogP contribution in [0.4, 0.5) is 0 Å². The summed E-state index contributed by atoms with van der Waals surface area (Å²) in [5, 5.41) is 8.71. The van der Waals surface area contributed by atoms with Gasteiger partial charge < -0.3 is 15.6 Å². The molecule has 0 saturated heterocycles. The van der Waals surface area contributed by atoms with E-state index in [1.165, 1.54) is 11.1 Å². The number of aryl methyl sites for hydroxylation is 2. The fraction of sp³-hybridized carbons (Fsp3) is 0.538. The number of hydrogen-bond acceptors (Lipinski definition) is 3. The van der Waals surface area contributed by atoms with Gasteiger partial charge in [-0.3, -0.25) is 0 Å². The standard InChI is InChI=1S/C13H21NO2/c1-10-4-5-11(2)12(8-10)13(9-14)16-7-3-6-15/h4-5,8,13,15H,3,6-7,9,14H2,1-2H3. The van der Waals surface area contributed by atoms with Crippen molar-refractivity contribution in [2.45, 2.75) is 26.4 Å². The molecule has 0 aromatic heterocycles. The minimum atomic E-state index is -0.0635. The molecule has 3 nitrogen and oxygen atoms in total. The number of nitrogens with two attached hydrogens (primary N) is 1. The SMILES string of the molecule is Cc1ccc(C)c(C(CN)OCCCO)c1. The van der Waals surface area contributed by atoms with Gasteiger partial charge in [-0.1, -0.05) is 23.8 Å². The number of rotatable bonds is 6. The zero-order valence-electron chi connectivity index (χ0n) is 10.1. The molecule has 90 valence electrons. The molecule has 0 bridgehead atoms. The van der Waals surface area contributed by atoms with Crippen molar-refractivity contribution >= 4 is 0 Å². The van der Waals surface area contributed by atoms with Crippen LogP contribution < -0.4 is 5.73 Å². The zero-order chi connectivity index (χ0) is 12.0. The molecule has 3 N–H and O–H groups in total. The van der Waals surface area contributed by atoms with Crippen LogP contribution in [0.5, 0.6) is 0 Å². The lowest BCUT2D eigenvalue weighted by molar-refractivity contribution is 0.0485. The lowest BCUT2D eigenvalue weighted by Crippen LogP contribution is -2.18. The predicted octanol–water partition coefficient (Wildman–Crippen LogP) is 1.70. The van der Waals surface area contributed by atoms with Crippen molar-refractivity contribution in [1.29, 1.82) is 0 Å². The van der Waals surface area contributed by atoms with E-state index in [1.54, 1.807) is 0 Å². The molecule has 1 unspecified atom stereocenters. The number of ether oxygens (including phenoxy) is 1. The molecule has 1 rings (SSSR count). The lowest BCUT2D eigenvalue weighted by Gasteiger charge is -2.19. The van der Waals surface area contributed by atoms with Crippen molar-refractivity contribution in [3.05, 3.63) is 34.9 Å². The molecule has 0 heterocycles. The number of hydrogen-bond donors (Lipinski definition) is 2. The Kier molecular flexibility index (Phi) is 5.46. The molecule has 0 aliphatic heterocycles. The van der Waals surface area contributed by atoms with Crippen LogP contribution in [0.15, 0.2) is 18.2 Å². The van der Waals surface area contributed by atoms with Gasteiger partial charge in [-0.25, -0.2) is 0 Å². The summed E-state index contributed by atoms with van der Waals surface area (Å²) in [5.41, 5.74) is 9.28. The highest BCUT2D eigenvalue weighted by Crippen LogP contribution is 2.21. The first kappa shape index (κ1) is 13.2. The zero-order valence-corrected chi connectivity index (χ0v) is 10.1. The molecular weight excluding hydrogens is 202 g/mol. The van der Waals surface area contributed by atoms with Crippen LogP contribution >= 0.6 is 0 Å². The van der Waals surface area contributed by atoms with Crippen LogP contribution in [0.2, 0.25) is 0 Å². The summed E-state index contributed by atoms with van der Waals surface area (Å²) >= 11 is 0. The van der Waals surface area contributed by atoms with Crippen LogP contribution in [-0.2, 0) is 4.74 Å². The van der Waals surface area contributed by atoms with Crippen molar-refractivity contribution in [2.75, 3.05) is 19.8 Å². The molecule has 0 saturated carbocycles. The second-order valence-electron chi connectivity index (χ2n) is 4.03. The van der Waals surface area contributed by atoms with Crippen molar-refractivity contribution in [2.24, 2.45) is 5.73 Å². The Morgan fingerprint density at radius 1 is 1.38 bits per heavy atom. The molecule has 0 aliphatic rings. The van der Waals surface area contributed by atoms with E-state index in [9.17, 15) is 0 Å². The molecule has 0 spiro atoms. The summed E-state index contributed by atoms with van der Waals surface area (Å²) in [6.07, 6.45) is 0.591. The van der Waals surface area contributed by atoms with E-state index in [1.807, 2.05) is 0 Å². The van der Waals surface area contributed by atoms with E-state index < -0.39 is 0 Å². The van der Waals surface area contributed by atoms with Crippen LogP contribution in [0.3, 0.4) is 0 Å². The second-order valence-corrected chi connectivity index (χ2v) is 4.03. The highest BCUT2D eigenvalue weighted by Gasteiger charge is 2.12. The van der Waals surface area contributed by atoms with Gasteiger partial charge in [0.15, 0.2) is 0 Å². The maximum Gasteiger partial charge on any atom is 0.0949 e. The Labute approximate surface area is 97.2 Å². The van der Waals surface area contributed by atoms with Gasteiger partial charge >= 0.3 is 0 Å². The first-order valence-corrected chi connectivity index (χ1v) is 5.68. The molecule has 0 radical (unpaired) electrons. The highest BCUT2D eigenvalue weighted by molar-refractivity contribution is 5.32. The quantitative estimate of drug-likeness (QED) is 0.722. The van der Waals surface area contributed by atoms with Gasteiger partial charge in [0.1, 0.15) is 0 Å². The summed E-state index contributed by atoms with van der Waals surface area (Å²) in [6.45, 7) is 5.29. The van der Waals surface area contributed by atoms with Crippen molar-refractivity contribution in [1.82, 2.24) is 0 Å². The van der Waals surface area contributed by atoms with Gasteiger partial charge in [0, 0.05) is 19.8 Å². The molecule has 1 aromatic rings. The van der Waals surface area contributed by atoms with Crippen molar-refractivity contribution in [3.63, 3.8) is 0 Å². The average Bonchev–Trinajstić information content (AvgIpc) is 2.28. The Morgan fingerprint density at radius 3 is 2.75 bits per heavy atom. The largest absolute Gasteiger partial charge is 0.396 e. The van der Waals surface area contributed by atoms with Gasteiger partial charge in [-0.15, -0.1) is 0 Å². The first-order valence-electron chi connectivity index (χ1n) is 5.68. The van der Waals surface area contributed by atoms with Gasteiger partial charge in [0.25, 0.3) is 0 Å². The van der Waals surface area contributed by atoms with E-state index in [0.29, 0.717) is 19.6 Å². The lowest BCUT2D eigenvalue weighted by atomic mass is 10.0. The minimum absolute atomic E-state index is 0.0635. The predicted molar refractivity (Wildman–Crippen MR) is 65.4 cm³/mol. The summed E-state index contributed by atoms with van der Waals surface area (Å²) in [7, 11) is 0. The summed E-state index contributed by atoms with van der Waals surface area (Å²) in [5.74, 6) is 0. The molecular formula is C13H21NO2. The Hall–Kier alpha value is -0.900. The van der Waals surface area contributed by atoms with E-state index in [0.717, 1.165) is 5.56 Å². The summed E-state index contributed by atoms with van der Waals surface area (Å²) < 4.78 is 5.67. The van der Waals surface area contributed by atoms with Crippen LogP contribution in [0.1, 0.15) is 29.2 Å². The van der Waals surface area contributed by atoms with Crippen LogP contribution in [0.25, 0.3) is 0 Å². The molecule has 3 heteroatoms. The third-order valence-electron chi connectivity index (χ3n) is 2.62. The smallest absolute Gasteiger partial charge is 0.0949 e. The van der Waals surface area contributed by atoms with Crippen LogP contribution in [0, 0.1) is 13.8 Å². The third kappa shape index (κ3) is 3.59. The highest BCUT2D eigenvalue weighted by atomic mass is 16.5. The molecule has 0 amide bonds. The van der Waals surface area contributed by atoms with Crippen molar-refractivity contribution in [3.8, 4) is 0 Å². The first-order chi connectivity index (χ1) is 7.69. The number of aliphatic hydroxyl groups is 1. The molecule has 1 aromatic carbocycles. The maximum atomic E-state index is 8.71. The topological polar surface area (TPSA) is 55.5 Å². The van der Waals surface area contributed by atoms with E-state index in [2.05, 4.69) is 32.0 Å². The van der Waals surface area contributed by atoms with Crippen molar-refractivity contribution < 1.29 is 9.84 Å². The molecule has 0 aliphatic carbocycles. The fourth-order valence-corrected chi connectivity index (χ4v) is 1.68. The third-order valence-corrected chi connectivity index (χ3v) is 2.62. The minimum Gasteiger partial charge on any atom is -0.396 e. The Bertz CT molecular complexity index is 326. The average molecular weight is 223 g/mol. The summed E-state index contributed by atoms with van der Waals surface area (Å²) in [4.78, 5) is 0. The van der Waals surface area contributed by atoms with Gasteiger partial charge in [0.2, 0.25) is 0 Å². The summed E-state index contributed by atoms with van der Waals surface area (Å²) in [6, 6.07) is 6.29. The van der Waals surface area contributed by atoms with Crippen LogP contribution in [-0.4, -0.2) is 24.9 Å². The maximum absolute atomic E-state index is 8.71.